The second-order valence-electron chi connectivity index (χ2n) is 5.14. The van der Waals surface area contributed by atoms with Crippen LogP contribution in [0.3, 0.4) is 0 Å². The van der Waals surface area contributed by atoms with Crippen molar-refractivity contribution < 1.29 is 4.92 Å². The lowest BCUT2D eigenvalue weighted by Crippen LogP contribution is -2.47. The summed E-state index contributed by atoms with van der Waals surface area (Å²) in [4.78, 5) is 22.5. The van der Waals surface area contributed by atoms with Gasteiger partial charge in [0.2, 0.25) is 5.95 Å². The number of benzene rings is 1. The van der Waals surface area contributed by atoms with Gasteiger partial charge in [-0.1, -0.05) is 6.07 Å². The summed E-state index contributed by atoms with van der Waals surface area (Å²) in [6.07, 6.45) is 3.53. The van der Waals surface area contributed by atoms with E-state index in [9.17, 15) is 10.1 Å². The average molecular weight is 287 g/mol. The van der Waals surface area contributed by atoms with E-state index in [2.05, 4.69) is 19.8 Å². The summed E-state index contributed by atoms with van der Waals surface area (Å²) in [7, 11) is 0. The SMILES string of the molecule is Cc1ccc(N2CCN(c3ncc[nH]3)CC2)c([N+](=O)[O-])c1. The van der Waals surface area contributed by atoms with Crippen LogP contribution in [0.25, 0.3) is 0 Å². The van der Waals surface area contributed by atoms with Crippen LogP contribution >= 0.6 is 0 Å². The number of aromatic amines is 1. The summed E-state index contributed by atoms with van der Waals surface area (Å²) in [5.74, 6) is 0.855. The number of piperazine rings is 1. The third-order valence-corrected chi connectivity index (χ3v) is 3.73. The Morgan fingerprint density at radius 3 is 2.57 bits per heavy atom. The number of hydrogen-bond donors (Lipinski definition) is 1. The summed E-state index contributed by atoms with van der Waals surface area (Å²) in [6, 6.07) is 5.39. The second-order valence-corrected chi connectivity index (χ2v) is 5.14. The van der Waals surface area contributed by atoms with Crippen LogP contribution in [0, 0.1) is 17.0 Å². The highest BCUT2D eigenvalue weighted by atomic mass is 16.6. The molecule has 1 saturated heterocycles. The average Bonchev–Trinajstić information content (AvgIpc) is 3.01. The molecule has 7 heteroatoms. The monoisotopic (exact) mass is 287 g/mol. The minimum absolute atomic E-state index is 0.182. The predicted octanol–water partition coefficient (Wildman–Crippen LogP) is 1.95. The van der Waals surface area contributed by atoms with E-state index in [1.807, 2.05) is 19.1 Å². The van der Waals surface area contributed by atoms with Crippen LogP contribution in [-0.4, -0.2) is 41.1 Å². The summed E-state index contributed by atoms with van der Waals surface area (Å²) in [5, 5.41) is 11.2. The molecule has 7 nitrogen and oxygen atoms in total. The number of aromatic nitrogens is 2. The number of hydrogen-bond acceptors (Lipinski definition) is 5. The van der Waals surface area contributed by atoms with E-state index < -0.39 is 0 Å². The highest BCUT2D eigenvalue weighted by Crippen LogP contribution is 2.30. The topological polar surface area (TPSA) is 78.3 Å². The Balaban J connectivity index is 1.76. The second kappa shape index (κ2) is 5.43. The zero-order valence-electron chi connectivity index (χ0n) is 11.8. The fourth-order valence-electron chi connectivity index (χ4n) is 2.64. The van der Waals surface area contributed by atoms with Gasteiger partial charge in [0.1, 0.15) is 5.69 Å². The van der Waals surface area contributed by atoms with Crippen LogP contribution in [0.1, 0.15) is 5.56 Å². The molecule has 0 radical (unpaired) electrons. The Hall–Kier alpha value is -2.57. The Kier molecular flexibility index (Phi) is 3.47. The van der Waals surface area contributed by atoms with Crippen molar-refractivity contribution in [3.8, 4) is 0 Å². The molecule has 0 spiro atoms. The van der Waals surface area contributed by atoms with Crippen LogP contribution in [-0.2, 0) is 0 Å². The first-order chi connectivity index (χ1) is 10.1. The van der Waals surface area contributed by atoms with Gasteiger partial charge >= 0.3 is 0 Å². The van der Waals surface area contributed by atoms with Gasteiger partial charge in [-0.05, 0) is 18.6 Å². The molecule has 0 amide bonds. The largest absolute Gasteiger partial charge is 0.362 e. The maximum atomic E-state index is 11.2. The van der Waals surface area contributed by atoms with Gasteiger partial charge in [-0.2, -0.15) is 0 Å². The fraction of sp³-hybridized carbons (Fsp3) is 0.357. The van der Waals surface area contributed by atoms with E-state index in [-0.39, 0.29) is 10.6 Å². The van der Waals surface area contributed by atoms with E-state index in [0.717, 1.165) is 37.7 Å². The third-order valence-electron chi connectivity index (χ3n) is 3.73. The van der Waals surface area contributed by atoms with Gasteiger partial charge in [0.25, 0.3) is 5.69 Å². The van der Waals surface area contributed by atoms with Gasteiger partial charge < -0.3 is 14.8 Å². The standard InChI is InChI=1S/C14H17N5O2/c1-11-2-3-12(13(10-11)19(20)21)17-6-8-18(9-7-17)14-15-4-5-16-14/h2-5,10H,6-9H2,1H3,(H,15,16). The molecule has 1 N–H and O–H groups in total. The molecule has 2 aromatic rings. The van der Waals surface area contributed by atoms with E-state index in [1.54, 1.807) is 18.5 Å². The van der Waals surface area contributed by atoms with Crippen LogP contribution in [0.15, 0.2) is 30.6 Å². The van der Waals surface area contributed by atoms with E-state index in [1.165, 1.54) is 0 Å². The number of imidazole rings is 1. The van der Waals surface area contributed by atoms with Crippen LogP contribution < -0.4 is 9.80 Å². The number of rotatable bonds is 3. The van der Waals surface area contributed by atoms with Crippen LogP contribution in [0.5, 0.6) is 0 Å². The number of anilines is 2. The Morgan fingerprint density at radius 2 is 1.95 bits per heavy atom. The van der Waals surface area contributed by atoms with Crippen molar-refractivity contribution in [1.29, 1.82) is 0 Å². The molecule has 1 aliphatic heterocycles. The number of nitrogens with one attached hydrogen (secondary N) is 1. The maximum Gasteiger partial charge on any atom is 0.292 e. The predicted molar refractivity (Wildman–Crippen MR) is 80.8 cm³/mol. The molecule has 0 bridgehead atoms. The molecule has 0 atom stereocenters. The highest BCUT2D eigenvalue weighted by molar-refractivity contribution is 5.65. The van der Waals surface area contributed by atoms with Gasteiger partial charge in [-0.15, -0.1) is 0 Å². The lowest BCUT2D eigenvalue weighted by atomic mass is 10.1. The number of nitrogens with zero attached hydrogens (tertiary/aromatic N) is 4. The summed E-state index contributed by atoms with van der Waals surface area (Å²) >= 11 is 0. The molecule has 1 aromatic heterocycles. The van der Waals surface area contributed by atoms with Gasteiger partial charge in [-0.25, -0.2) is 4.98 Å². The first-order valence-corrected chi connectivity index (χ1v) is 6.89. The number of nitro benzene ring substituents is 1. The van der Waals surface area contributed by atoms with Gasteiger partial charge in [0, 0.05) is 44.6 Å². The number of H-pyrrole nitrogens is 1. The molecule has 0 unspecified atom stereocenters. The van der Waals surface area contributed by atoms with Gasteiger partial charge in [0.05, 0.1) is 4.92 Å². The Bertz CT molecular complexity index is 633. The molecule has 21 heavy (non-hydrogen) atoms. The van der Waals surface area contributed by atoms with Crippen LogP contribution in [0.4, 0.5) is 17.3 Å². The van der Waals surface area contributed by atoms with Gasteiger partial charge in [0.15, 0.2) is 0 Å². The van der Waals surface area contributed by atoms with Crippen molar-refractivity contribution >= 4 is 17.3 Å². The normalized spacial score (nSPS) is 15.3. The van der Waals surface area contributed by atoms with Crippen molar-refractivity contribution in [2.75, 3.05) is 36.0 Å². The Morgan fingerprint density at radius 1 is 1.24 bits per heavy atom. The van der Waals surface area contributed by atoms with Crippen molar-refractivity contribution in [2.24, 2.45) is 0 Å². The minimum Gasteiger partial charge on any atom is -0.362 e. The molecule has 1 fully saturated rings. The molecule has 1 aliphatic rings. The first kappa shape index (κ1) is 13.4. The molecule has 0 aliphatic carbocycles. The molecule has 0 saturated carbocycles. The first-order valence-electron chi connectivity index (χ1n) is 6.89. The van der Waals surface area contributed by atoms with Crippen molar-refractivity contribution in [2.45, 2.75) is 6.92 Å². The zero-order chi connectivity index (χ0) is 14.8. The van der Waals surface area contributed by atoms with Crippen LogP contribution in [0.2, 0.25) is 0 Å². The molecule has 3 rings (SSSR count). The highest BCUT2D eigenvalue weighted by Gasteiger charge is 2.24. The molecular formula is C14H17N5O2. The van der Waals surface area contributed by atoms with E-state index in [0.29, 0.717) is 5.69 Å². The molecule has 1 aromatic carbocycles. The lowest BCUT2D eigenvalue weighted by molar-refractivity contribution is -0.384. The smallest absolute Gasteiger partial charge is 0.292 e. The quantitative estimate of drug-likeness (QED) is 0.689. The fourth-order valence-corrected chi connectivity index (χ4v) is 2.64. The minimum atomic E-state index is -0.304. The zero-order valence-corrected chi connectivity index (χ0v) is 11.8. The summed E-state index contributed by atoms with van der Waals surface area (Å²) in [6.45, 7) is 4.93. The summed E-state index contributed by atoms with van der Waals surface area (Å²) in [5.41, 5.74) is 1.78. The Labute approximate surface area is 122 Å². The third kappa shape index (κ3) is 2.67. The summed E-state index contributed by atoms with van der Waals surface area (Å²) < 4.78 is 0. The van der Waals surface area contributed by atoms with E-state index in [4.69, 9.17) is 0 Å². The molecular weight excluding hydrogens is 270 g/mol. The van der Waals surface area contributed by atoms with Gasteiger partial charge in [-0.3, -0.25) is 10.1 Å². The lowest BCUT2D eigenvalue weighted by Gasteiger charge is -2.35. The molecule has 2 heterocycles. The van der Waals surface area contributed by atoms with Crippen molar-refractivity contribution in [1.82, 2.24) is 9.97 Å². The number of aryl methyl sites for hydroxylation is 1. The van der Waals surface area contributed by atoms with Crippen molar-refractivity contribution in [3.05, 3.63) is 46.3 Å². The number of nitro groups is 1. The maximum absolute atomic E-state index is 11.2. The van der Waals surface area contributed by atoms with Crippen molar-refractivity contribution in [3.63, 3.8) is 0 Å². The van der Waals surface area contributed by atoms with E-state index >= 15 is 0 Å². The molecule has 110 valence electrons.